The number of aromatic hydroxyl groups is 1. The van der Waals surface area contributed by atoms with Crippen molar-refractivity contribution in [2.45, 2.75) is 69.3 Å². The smallest absolute Gasteiger partial charge is 0.119 e. The quantitative estimate of drug-likeness (QED) is 0.853. The molecule has 2 fully saturated rings. The monoisotopic (exact) mass is 367 g/mol. The maximum Gasteiger partial charge on any atom is 0.119 e. The fourth-order valence-electron chi connectivity index (χ4n) is 4.72. The molecule has 27 heavy (non-hydrogen) atoms. The van der Waals surface area contributed by atoms with Crippen molar-refractivity contribution in [1.29, 1.82) is 0 Å². The van der Waals surface area contributed by atoms with Crippen molar-refractivity contribution in [1.82, 2.24) is 0 Å². The van der Waals surface area contributed by atoms with E-state index in [9.17, 15) is 5.11 Å². The molecule has 0 bridgehead atoms. The molecular formula is C23H29NO3. The Morgan fingerprint density at radius 2 is 1.44 bits per heavy atom. The Hall–Kier alpha value is -2.04. The van der Waals surface area contributed by atoms with Gasteiger partial charge >= 0.3 is 0 Å². The molecule has 2 atom stereocenters. The van der Waals surface area contributed by atoms with Gasteiger partial charge < -0.3 is 20.3 Å². The first-order valence-corrected chi connectivity index (χ1v) is 9.92. The van der Waals surface area contributed by atoms with Crippen LogP contribution in [0, 0.1) is 0 Å². The van der Waals surface area contributed by atoms with E-state index in [0.717, 1.165) is 31.4 Å². The first-order valence-electron chi connectivity index (χ1n) is 9.92. The van der Waals surface area contributed by atoms with E-state index < -0.39 is 0 Å². The number of ether oxygens (including phenoxy) is 2. The van der Waals surface area contributed by atoms with Crippen molar-refractivity contribution in [2.75, 3.05) is 0 Å². The van der Waals surface area contributed by atoms with Crippen LogP contribution >= 0.6 is 0 Å². The Bertz CT molecular complexity index is 755. The Kier molecular flexibility index (Phi) is 4.87. The highest BCUT2D eigenvalue weighted by Crippen LogP contribution is 2.45. The second-order valence-electron chi connectivity index (χ2n) is 8.29. The Morgan fingerprint density at radius 1 is 0.926 bits per heavy atom. The molecule has 1 saturated heterocycles. The number of phenolic OH excluding ortho intramolecular Hbond substituents is 1. The van der Waals surface area contributed by atoms with Crippen LogP contribution in [0.4, 0.5) is 0 Å². The summed E-state index contributed by atoms with van der Waals surface area (Å²) >= 11 is 0. The van der Waals surface area contributed by atoms with E-state index in [1.165, 1.54) is 11.1 Å². The predicted octanol–water partition coefficient (Wildman–Crippen LogP) is 4.13. The van der Waals surface area contributed by atoms with Crippen molar-refractivity contribution in [2.24, 2.45) is 5.73 Å². The number of hydrogen-bond acceptors (Lipinski definition) is 4. The Morgan fingerprint density at radius 3 is 1.96 bits per heavy atom. The van der Waals surface area contributed by atoms with E-state index in [0.29, 0.717) is 5.75 Å². The molecule has 1 heterocycles. The third kappa shape index (κ3) is 3.69. The van der Waals surface area contributed by atoms with Gasteiger partial charge in [0.1, 0.15) is 17.6 Å². The molecule has 1 aliphatic carbocycles. The molecule has 2 aromatic carbocycles. The van der Waals surface area contributed by atoms with Crippen molar-refractivity contribution in [3.63, 3.8) is 0 Å². The molecule has 3 N–H and O–H groups in total. The number of rotatable bonds is 4. The fraction of sp³-hybridized carbons (Fsp3) is 0.478. The van der Waals surface area contributed by atoms with Gasteiger partial charge in [-0.25, -0.2) is 0 Å². The standard InChI is InChI=1S/C23H29NO3/c1-15-13-23(14-16(2)26-15,17-3-7-20(25)8-4-17)18-5-9-21(10-6-18)27-22-11-19(24)12-22/h3-10,15-16,19,22,25H,11-14,24H2,1-2H3. The molecule has 0 spiro atoms. The summed E-state index contributed by atoms with van der Waals surface area (Å²) in [6.07, 6.45) is 4.31. The molecule has 4 heteroatoms. The zero-order valence-electron chi connectivity index (χ0n) is 16.1. The zero-order chi connectivity index (χ0) is 19.0. The van der Waals surface area contributed by atoms with Gasteiger partial charge in [0.25, 0.3) is 0 Å². The normalized spacial score (nSPS) is 33.3. The molecule has 2 aliphatic rings. The van der Waals surface area contributed by atoms with Gasteiger partial charge in [0.2, 0.25) is 0 Å². The van der Waals surface area contributed by atoms with Crippen molar-refractivity contribution < 1.29 is 14.6 Å². The summed E-state index contributed by atoms with van der Waals surface area (Å²) in [6.45, 7) is 4.28. The lowest BCUT2D eigenvalue weighted by Gasteiger charge is -2.44. The minimum Gasteiger partial charge on any atom is -0.508 e. The molecule has 2 unspecified atom stereocenters. The highest BCUT2D eigenvalue weighted by Gasteiger charge is 2.41. The maximum atomic E-state index is 9.73. The number of benzene rings is 2. The van der Waals surface area contributed by atoms with E-state index in [1.807, 2.05) is 12.1 Å². The van der Waals surface area contributed by atoms with Crippen LogP contribution in [0.3, 0.4) is 0 Å². The number of hydrogen-bond donors (Lipinski definition) is 2. The number of nitrogens with two attached hydrogens (primary N) is 1. The van der Waals surface area contributed by atoms with E-state index in [1.54, 1.807) is 12.1 Å². The minimum absolute atomic E-state index is 0.123. The fourth-order valence-corrected chi connectivity index (χ4v) is 4.72. The van der Waals surface area contributed by atoms with Crippen LogP contribution in [0.1, 0.15) is 50.7 Å². The lowest BCUT2D eigenvalue weighted by molar-refractivity contribution is -0.0544. The van der Waals surface area contributed by atoms with Gasteiger partial charge in [0.15, 0.2) is 0 Å². The van der Waals surface area contributed by atoms with Gasteiger partial charge in [0, 0.05) is 11.5 Å². The van der Waals surface area contributed by atoms with Crippen molar-refractivity contribution in [3.8, 4) is 11.5 Å². The van der Waals surface area contributed by atoms with Crippen LogP contribution in [-0.4, -0.2) is 29.5 Å². The highest BCUT2D eigenvalue weighted by molar-refractivity contribution is 5.44. The van der Waals surface area contributed by atoms with Gasteiger partial charge in [-0.2, -0.15) is 0 Å². The van der Waals surface area contributed by atoms with E-state index in [-0.39, 0.29) is 29.8 Å². The SMILES string of the molecule is CC1CC(c2ccc(O)cc2)(c2ccc(OC3CC(N)C3)cc2)CC(C)O1. The van der Waals surface area contributed by atoms with Crippen LogP contribution in [-0.2, 0) is 10.2 Å². The summed E-state index contributed by atoms with van der Waals surface area (Å²) in [6, 6.07) is 16.5. The summed E-state index contributed by atoms with van der Waals surface area (Å²) in [5, 5.41) is 9.73. The van der Waals surface area contributed by atoms with Crippen LogP contribution < -0.4 is 10.5 Å². The lowest BCUT2D eigenvalue weighted by atomic mass is 9.66. The van der Waals surface area contributed by atoms with E-state index in [2.05, 4.69) is 38.1 Å². The molecule has 2 aromatic rings. The molecule has 4 rings (SSSR count). The van der Waals surface area contributed by atoms with Crippen LogP contribution in [0.2, 0.25) is 0 Å². The third-order valence-corrected chi connectivity index (χ3v) is 6.00. The average molecular weight is 367 g/mol. The Balaban J connectivity index is 1.65. The molecule has 0 aromatic heterocycles. The van der Waals surface area contributed by atoms with Gasteiger partial charge in [-0.15, -0.1) is 0 Å². The van der Waals surface area contributed by atoms with Crippen LogP contribution in [0.25, 0.3) is 0 Å². The first-order chi connectivity index (χ1) is 12.9. The topological polar surface area (TPSA) is 64.7 Å². The highest BCUT2D eigenvalue weighted by atomic mass is 16.5. The molecule has 0 radical (unpaired) electrons. The molecule has 4 nitrogen and oxygen atoms in total. The van der Waals surface area contributed by atoms with Crippen molar-refractivity contribution in [3.05, 3.63) is 59.7 Å². The minimum atomic E-state index is -0.123. The van der Waals surface area contributed by atoms with E-state index in [4.69, 9.17) is 15.2 Å². The number of phenols is 1. The predicted molar refractivity (Wildman–Crippen MR) is 106 cm³/mol. The second-order valence-corrected chi connectivity index (χ2v) is 8.29. The van der Waals surface area contributed by atoms with Gasteiger partial charge in [-0.3, -0.25) is 0 Å². The molecular weight excluding hydrogens is 338 g/mol. The summed E-state index contributed by atoms with van der Waals surface area (Å²) in [5.74, 6) is 1.20. The van der Waals surface area contributed by atoms with Crippen LogP contribution in [0.5, 0.6) is 11.5 Å². The molecule has 1 aliphatic heterocycles. The van der Waals surface area contributed by atoms with Gasteiger partial charge in [-0.1, -0.05) is 24.3 Å². The van der Waals surface area contributed by atoms with E-state index >= 15 is 0 Å². The molecule has 1 saturated carbocycles. The maximum absolute atomic E-state index is 9.73. The Labute approximate surface area is 161 Å². The lowest BCUT2D eigenvalue weighted by Crippen LogP contribution is -2.43. The second kappa shape index (κ2) is 7.17. The summed E-state index contributed by atoms with van der Waals surface area (Å²) < 4.78 is 12.1. The third-order valence-electron chi connectivity index (χ3n) is 6.00. The molecule has 0 amide bonds. The largest absolute Gasteiger partial charge is 0.508 e. The first kappa shape index (κ1) is 18.3. The van der Waals surface area contributed by atoms with Crippen LogP contribution in [0.15, 0.2) is 48.5 Å². The van der Waals surface area contributed by atoms with Crippen molar-refractivity contribution >= 4 is 0 Å². The summed E-state index contributed by atoms with van der Waals surface area (Å²) in [4.78, 5) is 0. The summed E-state index contributed by atoms with van der Waals surface area (Å²) in [5.41, 5.74) is 8.22. The molecule has 144 valence electrons. The average Bonchev–Trinajstić information content (AvgIpc) is 2.60. The van der Waals surface area contributed by atoms with Gasteiger partial charge in [-0.05, 0) is 74.9 Å². The zero-order valence-corrected chi connectivity index (χ0v) is 16.1. The van der Waals surface area contributed by atoms with Gasteiger partial charge in [0.05, 0.1) is 12.2 Å². The summed E-state index contributed by atoms with van der Waals surface area (Å²) in [7, 11) is 0.